The molecule has 0 saturated heterocycles. The van der Waals surface area contributed by atoms with E-state index in [1.54, 1.807) is 0 Å². The third-order valence-electron chi connectivity index (χ3n) is 4.91. The summed E-state index contributed by atoms with van der Waals surface area (Å²) in [4.78, 5) is 9.82. The van der Waals surface area contributed by atoms with Crippen LogP contribution < -0.4 is 10.6 Å². The van der Waals surface area contributed by atoms with Crippen LogP contribution >= 0.6 is 10.2 Å². The number of carbonyl (C=O) groups is 1. The highest BCUT2D eigenvalue weighted by atomic mass is 32.5. The van der Waals surface area contributed by atoms with Crippen molar-refractivity contribution in [3.8, 4) is 0 Å². The molecule has 24 heavy (non-hydrogen) atoms. The SMILES string of the molecule is O=C(NCc1cccc(S(F)(F)(F)(F)F)c1)NC1CC2(CCC2)C1. The van der Waals surface area contributed by atoms with Gasteiger partial charge in [-0.15, -0.1) is 0 Å². The Morgan fingerprint density at radius 1 is 1.17 bits per heavy atom. The summed E-state index contributed by atoms with van der Waals surface area (Å²) in [5, 5.41) is 5.17. The van der Waals surface area contributed by atoms with E-state index in [4.69, 9.17) is 0 Å². The highest BCUT2D eigenvalue weighted by Crippen LogP contribution is 3.02. The summed E-state index contributed by atoms with van der Waals surface area (Å²) in [6, 6.07) is 2.49. The van der Waals surface area contributed by atoms with Gasteiger partial charge in [0.1, 0.15) is 4.90 Å². The quantitative estimate of drug-likeness (QED) is 0.678. The zero-order valence-electron chi connectivity index (χ0n) is 12.8. The standard InChI is InChI=1S/C15H19F5N2OS/c16-24(17,18,19,20)13-4-1-3-11(7-13)10-21-14(23)22-12-8-15(9-12)5-2-6-15/h1,3-4,7,12H,2,5-6,8-10H2,(H2,21,22,23). The van der Waals surface area contributed by atoms with Gasteiger partial charge in [-0.2, -0.15) is 0 Å². The summed E-state index contributed by atoms with van der Waals surface area (Å²) in [5.74, 6) is 0. The molecule has 9 heteroatoms. The molecule has 1 spiro atoms. The number of carbonyl (C=O) groups excluding carboxylic acids is 1. The Bertz CT molecular complexity index is 664. The van der Waals surface area contributed by atoms with Gasteiger partial charge in [-0.05, 0) is 48.8 Å². The van der Waals surface area contributed by atoms with E-state index in [1.165, 1.54) is 25.3 Å². The first-order valence-corrected chi connectivity index (χ1v) is 9.68. The highest BCUT2D eigenvalue weighted by molar-refractivity contribution is 8.45. The number of hydrogen-bond acceptors (Lipinski definition) is 1. The maximum Gasteiger partial charge on any atom is 0.315 e. The summed E-state index contributed by atoms with van der Waals surface area (Å²) >= 11 is 0. The molecule has 136 valence electrons. The fraction of sp³-hybridized carbons (Fsp3) is 0.533. The fourth-order valence-corrected chi connectivity index (χ4v) is 4.20. The van der Waals surface area contributed by atoms with E-state index in [2.05, 4.69) is 10.6 Å². The van der Waals surface area contributed by atoms with Gasteiger partial charge in [-0.1, -0.05) is 38.0 Å². The molecule has 2 N–H and O–H groups in total. The maximum absolute atomic E-state index is 12.8. The molecule has 2 saturated carbocycles. The largest absolute Gasteiger partial charge is 0.335 e. The number of benzene rings is 1. The van der Waals surface area contributed by atoms with Crippen molar-refractivity contribution in [1.82, 2.24) is 10.6 Å². The molecule has 0 unspecified atom stereocenters. The average Bonchev–Trinajstić information content (AvgIpc) is 2.36. The summed E-state index contributed by atoms with van der Waals surface area (Å²) in [6.07, 6.45) is 5.46. The van der Waals surface area contributed by atoms with E-state index >= 15 is 0 Å². The van der Waals surface area contributed by atoms with Crippen LogP contribution in [0.5, 0.6) is 0 Å². The van der Waals surface area contributed by atoms with Crippen molar-refractivity contribution in [1.29, 1.82) is 0 Å². The molecule has 0 atom stereocenters. The first-order chi connectivity index (χ1) is 10.9. The molecule has 0 radical (unpaired) electrons. The second-order valence-corrected chi connectivity index (χ2v) is 9.31. The molecule has 0 heterocycles. The second kappa shape index (κ2) is 4.77. The number of rotatable bonds is 4. The molecule has 2 fully saturated rings. The smallest absolute Gasteiger partial charge is 0.315 e. The maximum atomic E-state index is 12.8. The lowest BCUT2D eigenvalue weighted by Gasteiger charge is -2.54. The fourth-order valence-electron chi connectivity index (χ4n) is 3.49. The molecule has 2 aliphatic rings. The van der Waals surface area contributed by atoms with E-state index in [9.17, 15) is 24.2 Å². The van der Waals surface area contributed by atoms with Crippen molar-refractivity contribution in [2.24, 2.45) is 5.41 Å². The van der Waals surface area contributed by atoms with Gasteiger partial charge < -0.3 is 10.6 Å². The van der Waals surface area contributed by atoms with Gasteiger partial charge in [-0.25, -0.2) is 4.79 Å². The van der Waals surface area contributed by atoms with Crippen LogP contribution in [0.3, 0.4) is 0 Å². The molecule has 0 bridgehead atoms. The Balaban J connectivity index is 1.53. The van der Waals surface area contributed by atoms with E-state index in [1.807, 2.05) is 0 Å². The number of hydrogen-bond donors (Lipinski definition) is 2. The average molecular weight is 370 g/mol. The van der Waals surface area contributed by atoms with Gasteiger partial charge in [0.2, 0.25) is 0 Å². The lowest BCUT2D eigenvalue weighted by molar-refractivity contribution is 0.00225. The van der Waals surface area contributed by atoms with Gasteiger partial charge in [0.15, 0.2) is 0 Å². The molecule has 0 aliphatic heterocycles. The highest BCUT2D eigenvalue weighted by Gasteiger charge is 2.65. The number of urea groups is 1. The van der Waals surface area contributed by atoms with Crippen LogP contribution in [0.25, 0.3) is 0 Å². The van der Waals surface area contributed by atoms with Gasteiger partial charge in [0.25, 0.3) is 0 Å². The zero-order valence-corrected chi connectivity index (χ0v) is 13.7. The topological polar surface area (TPSA) is 41.1 Å². The molecule has 2 aliphatic carbocycles. The predicted molar refractivity (Wildman–Crippen MR) is 82.5 cm³/mol. The molecule has 3 nitrogen and oxygen atoms in total. The summed E-state index contributed by atoms with van der Waals surface area (Å²) in [7, 11) is -9.69. The van der Waals surface area contributed by atoms with E-state index in [0.29, 0.717) is 17.5 Å². The van der Waals surface area contributed by atoms with Crippen LogP contribution in [-0.4, -0.2) is 12.1 Å². The monoisotopic (exact) mass is 370 g/mol. The van der Waals surface area contributed by atoms with Crippen molar-refractivity contribution in [3.05, 3.63) is 29.8 Å². The molecule has 2 amide bonds. The van der Waals surface area contributed by atoms with Crippen LogP contribution in [0.15, 0.2) is 29.2 Å². The normalized spacial score (nSPS) is 22.7. The Labute approximate surface area is 136 Å². The van der Waals surface area contributed by atoms with E-state index < -0.39 is 21.2 Å². The summed E-state index contributed by atoms with van der Waals surface area (Å²) in [5.41, 5.74) is 0.369. The lowest BCUT2D eigenvalue weighted by atomic mass is 9.54. The minimum absolute atomic E-state index is 0.0278. The Hall–Kier alpha value is -1.51. The Kier molecular flexibility index (Phi) is 3.44. The molecule has 1 aromatic rings. The van der Waals surface area contributed by atoms with Crippen LogP contribution in [0.4, 0.5) is 24.2 Å². The predicted octanol–water partition coefficient (Wildman–Crippen LogP) is 5.48. The summed E-state index contributed by atoms with van der Waals surface area (Å²) in [6.45, 7) is -0.245. The number of halogens is 5. The molecule has 0 aromatic heterocycles. The minimum Gasteiger partial charge on any atom is -0.335 e. The van der Waals surface area contributed by atoms with Gasteiger partial charge >= 0.3 is 16.3 Å². The molecular formula is C15H19F5N2OS. The number of amides is 2. The molecule has 3 rings (SSSR count). The first-order valence-electron chi connectivity index (χ1n) is 7.73. The Morgan fingerprint density at radius 3 is 2.38 bits per heavy atom. The van der Waals surface area contributed by atoms with E-state index in [0.717, 1.165) is 18.9 Å². The number of nitrogens with one attached hydrogen (secondary N) is 2. The van der Waals surface area contributed by atoms with Crippen LogP contribution in [0, 0.1) is 5.41 Å². The summed E-state index contributed by atoms with van der Waals surface area (Å²) < 4.78 is 63.8. The lowest BCUT2D eigenvalue weighted by Crippen LogP contribution is -2.55. The van der Waals surface area contributed by atoms with Crippen molar-refractivity contribution in [3.63, 3.8) is 0 Å². The van der Waals surface area contributed by atoms with Gasteiger partial charge in [-0.3, -0.25) is 0 Å². The van der Waals surface area contributed by atoms with Crippen molar-refractivity contribution in [2.75, 3.05) is 0 Å². The van der Waals surface area contributed by atoms with Crippen molar-refractivity contribution < 1.29 is 24.2 Å². The molecular weight excluding hydrogens is 351 g/mol. The van der Waals surface area contributed by atoms with Gasteiger partial charge in [0, 0.05) is 12.6 Å². The zero-order chi connectivity index (χ0) is 17.7. The van der Waals surface area contributed by atoms with Gasteiger partial charge in [0.05, 0.1) is 0 Å². The molecule has 1 aromatic carbocycles. The second-order valence-electron chi connectivity index (χ2n) is 6.90. The van der Waals surface area contributed by atoms with Crippen LogP contribution in [0.2, 0.25) is 0 Å². The van der Waals surface area contributed by atoms with E-state index in [-0.39, 0.29) is 18.2 Å². The Morgan fingerprint density at radius 2 is 1.83 bits per heavy atom. The van der Waals surface area contributed by atoms with Crippen molar-refractivity contribution in [2.45, 2.75) is 49.6 Å². The van der Waals surface area contributed by atoms with Crippen LogP contribution in [0.1, 0.15) is 37.7 Å². The first kappa shape index (κ1) is 17.3. The minimum atomic E-state index is -9.69. The third-order valence-corrected chi connectivity index (χ3v) is 6.05. The third kappa shape index (κ3) is 3.76. The van der Waals surface area contributed by atoms with Crippen LogP contribution in [-0.2, 0) is 6.54 Å². The van der Waals surface area contributed by atoms with Crippen molar-refractivity contribution >= 4 is 16.3 Å².